The van der Waals surface area contributed by atoms with Crippen molar-refractivity contribution in [1.82, 2.24) is 14.5 Å². The van der Waals surface area contributed by atoms with Crippen molar-refractivity contribution >= 4 is 28.4 Å². The molecule has 0 spiro atoms. The number of imidazole rings is 1. The van der Waals surface area contributed by atoms with Crippen LogP contribution in [0.5, 0.6) is 0 Å². The number of aromatic amines is 1. The van der Waals surface area contributed by atoms with Crippen LogP contribution < -0.4 is 0 Å². The van der Waals surface area contributed by atoms with Gasteiger partial charge < -0.3 is 19.4 Å². The lowest BCUT2D eigenvalue weighted by atomic mass is 10.2. The number of H-pyrrole nitrogens is 1. The third kappa shape index (κ3) is 3.43. The number of hydrogen-bond acceptors (Lipinski definition) is 6. The van der Waals surface area contributed by atoms with Gasteiger partial charge in [-0.25, -0.2) is 9.78 Å². The van der Waals surface area contributed by atoms with Crippen molar-refractivity contribution in [2.24, 2.45) is 7.05 Å². The number of allylic oxidation sites excluding steroid dienone is 1. The van der Waals surface area contributed by atoms with Crippen LogP contribution in [0.25, 0.3) is 16.6 Å². The molecule has 0 aliphatic carbocycles. The maximum atomic E-state index is 12.0. The van der Waals surface area contributed by atoms with E-state index in [2.05, 4.69) is 9.97 Å². The Hall–Kier alpha value is -3.86. The highest BCUT2D eigenvalue weighted by molar-refractivity contribution is 5.97. The number of esters is 1. The molecule has 8 nitrogen and oxygen atoms in total. The number of nitrogens with zero attached hydrogens (tertiary/aromatic N) is 3. The summed E-state index contributed by atoms with van der Waals surface area (Å²) in [5, 5.41) is 19.7. The second kappa shape index (κ2) is 7.17. The van der Waals surface area contributed by atoms with Crippen molar-refractivity contribution in [2.75, 3.05) is 6.61 Å². The van der Waals surface area contributed by atoms with E-state index >= 15 is 0 Å². The molecule has 0 radical (unpaired) electrons. The average molecular weight is 364 g/mol. The lowest BCUT2D eigenvalue weighted by Gasteiger charge is -2.06. The third-order valence-electron chi connectivity index (χ3n) is 4.06. The topological polar surface area (TPSA) is 121 Å². The van der Waals surface area contributed by atoms with Crippen LogP contribution >= 0.6 is 0 Å². The minimum atomic E-state index is -0.753. The number of aryl methyl sites for hydroxylation is 1. The van der Waals surface area contributed by atoms with E-state index < -0.39 is 18.3 Å². The number of aliphatic hydroxyl groups is 1. The molecule has 2 aromatic heterocycles. The minimum absolute atomic E-state index is 0.0780. The Labute approximate surface area is 154 Å². The Bertz CT molecular complexity index is 1110. The van der Waals surface area contributed by atoms with E-state index in [1.165, 1.54) is 19.2 Å². The third-order valence-corrected chi connectivity index (χ3v) is 4.06. The molecule has 3 aromatic rings. The Morgan fingerprint density at radius 3 is 2.74 bits per heavy atom. The van der Waals surface area contributed by atoms with Crippen LogP contribution in [0, 0.1) is 11.3 Å². The first-order valence-corrected chi connectivity index (χ1v) is 8.03. The fourth-order valence-corrected chi connectivity index (χ4v) is 2.61. The first-order chi connectivity index (χ1) is 12.9. The van der Waals surface area contributed by atoms with Gasteiger partial charge in [-0.2, -0.15) is 5.26 Å². The van der Waals surface area contributed by atoms with Crippen molar-refractivity contribution in [2.45, 2.75) is 6.92 Å². The van der Waals surface area contributed by atoms with Gasteiger partial charge in [0.15, 0.2) is 17.4 Å². The van der Waals surface area contributed by atoms with Gasteiger partial charge in [0.1, 0.15) is 23.9 Å². The van der Waals surface area contributed by atoms with Gasteiger partial charge in [0.25, 0.3) is 0 Å². The van der Waals surface area contributed by atoms with Gasteiger partial charge in [0.2, 0.25) is 0 Å². The van der Waals surface area contributed by atoms with E-state index in [0.29, 0.717) is 11.1 Å². The fourth-order valence-electron chi connectivity index (χ4n) is 2.61. The Morgan fingerprint density at radius 1 is 1.37 bits per heavy atom. The van der Waals surface area contributed by atoms with E-state index in [9.17, 15) is 20.0 Å². The van der Waals surface area contributed by atoms with Gasteiger partial charge in [0, 0.05) is 18.8 Å². The predicted octanol–water partition coefficient (Wildman–Crippen LogP) is 2.75. The molecule has 0 saturated carbocycles. The lowest BCUT2D eigenvalue weighted by molar-refractivity contribution is 0.0496. The number of aromatic nitrogens is 3. The highest BCUT2D eigenvalue weighted by Gasteiger charge is 2.18. The number of fused-ring (bicyclic) bond motifs is 1. The van der Waals surface area contributed by atoms with E-state index in [0.717, 1.165) is 5.52 Å². The number of benzene rings is 1. The maximum Gasteiger partial charge on any atom is 0.355 e. The second-order valence-electron chi connectivity index (χ2n) is 5.85. The Balaban J connectivity index is 1.82. The van der Waals surface area contributed by atoms with Gasteiger partial charge in [0.05, 0.1) is 11.0 Å². The van der Waals surface area contributed by atoms with Gasteiger partial charge in [-0.05, 0) is 25.1 Å². The zero-order valence-electron chi connectivity index (χ0n) is 14.7. The van der Waals surface area contributed by atoms with Crippen LogP contribution in [0.3, 0.4) is 0 Å². The average Bonchev–Trinajstić information content (AvgIpc) is 3.27. The zero-order valence-corrected chi connectivity index (χ0v) is 14.7. The molecule has 0 amide bonds. The molecule has 0 saturated heterocycles. The summed E-state index contributed by atoms with van der Waals surface area (Å²) >= 11 is 0. The van der Waals surface area contributed by atoms with Gasteiger partial charge >= 0.3 is 5.97 Å². The molecule has 0 aliphatic heterocycles. The van der Waals surface area contributed by atoms with Crippen molar-refractivity contribution in [3.05, 3.63) is 59.4 Å². The smallest absolute Gasteiger partial charge is 0.355 e. The van der Waals surface area contributed by atoms with Crippen molar-refractivity contribution in [3.63, 3.8) is 0 Å². The summed E-state index contributed by atoms with van der Waals surface area (Å²) in [6, 6.07) is 10.6. The molecule has 2 heterocycles. The molecule has 0 aliphatic rings. The van der Waals surface area contributed by atoms with Crippen molar-refractivity contribution in [3.8, 4) is 6.07 Å². The van der Waals surface area contributed by atoms with Crippen LogP contribution in [0.1, 0.15) is 33.6 Å². The molecule has 0 bridgehead atoms. The summed E-state index contributed by atoms with van der Waals surface area (Å²) in [5.74, 6) is -1.09. The molecule has 8 heteroatoms. The standard InChI is InChI=1S/C19H16N4O4/c1-11(24)12-7-15(21-9-12)19(26)27-10-17(25)13(8-20)18-22-14-5-3-4-6-16(14)23(18)2/h3-7,9,21,25H,10H2,1-2H3/b17-13-. The van der Waals surface area contributed by atoms with E-state index in [1.807, 2.05) is 24.3 Å². The molecule has 1 aromatic carbocycles. The number of ketones is 1. The van der Waals surface area contributed by atoms with E-state index in [1.54, 1.807) is 17.7 Å². The molecular weight excluding hydrogens is 348 g/mol. The number of rotatable bonds is 5. The van der Waals surface area contributed by atoms with Crippen LogP contribution in [0.15, 0.2) is 42.3 Å². The number of nitriles is 1. The largest absolute Gasteiger partial charge is 0.507 e. The number of Topliss-reactive ketones (excluding diaryl/α,β-unsaturated/α-hetero) is 1. The van der Waals surface area contributed by atoms with Crippen LogP contribution in [0.2, 0.25) is 0 Å². The lowest BCUT2D eigenvalue weighted by Crippen LogP contribution is -2.10. The van der Waals surface area contributed by atoms with E-state index in [4.69, 9.17) is 4.74 Å². The summed E-state index contributed by atoms with van der Waals surface area (Å²) in [4.78, 5) is 30.3. The maximum absolute atomic E-state index is 12.0. The second-order valence-corrected chi connectivity index (χ2v) is 5.85. The minimum Gasteiger partial charge on any atom is -0.507 e. The van der Waals surface area contributed by atoms with Crippen LogP contribution in [-0.2, 0) is 11.8 Å². The molecule has 0 atom stereocenters. The molecular formula is C19H16N4O4. The van der Waals surface area contributed by atoms with E-state index in [-0.39, 0.29) is 22.9 Å². The number of aliphatic hydroxyl groups excluding tert-OH is 1. The monoisotopic (exact) mass is 364 g/mol. The number of nitrogens with one attached hydrogen (secondary N) is 1. The summed E-state index contributed by atoms with van der Waals surface area (Å²) in [7, 11) is 1.73. The summed E-state index contributed by atoms with van der Waals surface area (Å²) in [6.45, 7) is 0.877. The van der Waals surface area contributed by atoms with Gasteiger partial charge in [-0.1, -0.05) is 12.1 Å². The number of ether oxygens (including phenoxy) is 1. The molecule has 0 unspecified atom stereocenters. The molecule has 0 fully saturated rings. The SMILES string of the molecule is CC(=O)c1c[nH]c(C(=O)OC/C(O)=C(\C#N)c2nc3ccccc3n2C)c1. The summed E-state index contributed by atoms with van der Waals surface area (Å²) in [5.41, 5.74) is 1.81. The first kappa shape index (κ1) is 17.9. The van der Waals surface area contributed by atoms with Crippen LogP contribution in [0.4, 0.5) is 0 Å². The van der Waals surface area contributed by atoms with Gasteiger partial charge in [-0.3, -0.25) is 4.79 Å². The quantitative estimate of drug-likeness (QED) is 0.311. The number of hydrogen-bond donors (Lipinski definition) is 2. The fraction of sp³-hybridized carbons (Fsp3) is 0.158. The molecule has 136 valence electrons. The molecule has 2 N–H and O–H groups in total. The highest BCUT2D eigenvalue weighted by atomic mass is 16.5. The number of para-hydroxylation sites is 2. The Kier molecular flexibility index (Phi) is 4.77. The summed E-state index contributed by atoms with van der Waals surface area (Å²) < 4.78 is 6.70. The van der Waals surface area contributed by atoms with Crippen molar-refractivity contribution in [1.29, 1.82) is 5.26 Å². The normalized spacial score (nSPS) is 11.7. The summed E-state index contributed by atoms with van der Waals surface area (Å²) in [6.07, 6.45) is 1.40. The Morgan fingerprint density at radius 2 is 2.11 bits per heavy atom. The van der Waals surface area contributed by atoms with Crippen molar-refractivity contribution < 1.29 is 19.4 Å². The highest BCUT2D eigenvalue weighted by Crippen LogP contribution is 2.22. The first-order valence-electron chi connectivity index (χ1n) is 8.03. The molecule has 3 rings (SSSR count). The number of carbonyl (C=O) groups excluding carboxylic acids is 2. The number of carbonyl (C=O) groups is 2. The zero-order chi connectivity index (χ0) is 19.6. The predicted molar refractivity (Wildman–Crippen MR) is 97.0 cm³/mol. The molecule has 27 heavy (non-hydrogen) atoms. The van der Waals surface area contributed by atoms with Crippen LogP contribution in [-0.4, -0.2) is 38.0 Å². The van der Waals surface area contributed by atoms with Gasteiger partial charge in [-0.15, -0.1) is 0 Å².